The number of nitrogens with two attached hydrogens (primary N) is 1. The Labute approximate surface area is 227 Å². The fourth-order valence-corrected chi connectivity index (χ4v) is 11.3. The van der Waals surface area contributed by atoms with Crippen LogP contribution in [0.5, 0.6) is 0 Å². The van der Waals surface area contributed by atoms with Gasteiger partial charge in [-0.2, -0.15) is 9.97 Å². The standard InChI is InChI=1S/C28H32ClN5O3Si/c1-28(2,3)38(17-10-6-4-7-11-17,18-12-8-5-9-13-18)37-21-15-20(35)24-19(21)14-22(36-24)34-16-31-23-25(29)32-27(30)33-26(23)34/h4-13,16,19-22,24,35H,14-15H2,1-3H3,(H2,30,32,33)/t19-,20+,21+,22+,24-/m0/s1. The van der Waals surface area contributed by atoms with Gasteiger partial charge >= 0.3 is 0 Å². The molecule has 4 aromatic rings. The zero-order valence-corrected chi connectivity index (χ0v) is 23.4. The van der Waals surface area contributed by atoms with E-state index in [0.29, 0.717) is 24.0 Å². The van der Waals surface area contributed by atoms with E-state index in [2.05, 4.69) is 84.3 Å². The van der Waals surface area contributed by atoms with Crippen molar-refractivity contribution in [3.63, 3.8) is 0 Å². The second-order valence-electron chi connectivity index (χ2n) is 11.3. The van der Waals surface area contributed by atoms with Crippen molar-refractivity contribution in [1.82, 2.24) is 19.5 Å². The van der Waals surface area contributed by atoms with E-state index < -0.39 is 14.4 Å². The van der Waals surface area contributed by atoms with Crippen molar-refractivity contribution in [3.8, 4) is 0 Å². The van der Waals surface area contributed by atoms with Gasteiger partial charge in [-0.05, 0) is 15.4 Å². The van der Waals surface area contributed by atoms with Crippen molar-refractivity contribution in [1.29, 1.82) is 0 Å². The summed E-state index contributed by atoms with van der Waals surface area (Å²) in [4.78, 5) is 12.8. The van der Waals surface area contributed by atoms with Gasteiger partial charge in [-0.3, -0.25) is 4.57 Å². The van der Waals surface area contributed by atoms with E-state index in [1.165, 1.54) is 10.4 Å². The Morgan fingerprint density at radius 1 is 1.03 bits per heavy atom. The third-order valence-corrected chi connectivity index (χ3v) is 13.3. The molecule has 0 amide bonds. The Kier molecular flexibility index (Phi) is 6.31. The Morgan fingerprint density at radius 3 is 2.26 bits per heavy atom. The molecular formula is C28H32ClN5O3Si. The van der Waals surface area contributed by atoms with E-state index >= 15 is 0 Å². The van der Waals surface area contributed by atoms with Crippen LogP contribution in [0.25, 0.3) is 11.2 Å². The van der Waals surface area contributed by atoms with Crippen molar-refractivity contribution in [2.75, 3.05) is 5.73 Å². The SMILES string of the molecule is CC(C)(C)[Si](O[C@@H]1C[C@@H](O)[C@H]2O[C@@H](n3cnc4c(Cl)nc(N)nc43)C[C@H]21)(c1ccccc1)c1ccccc1. The Hall–Kier alpha value is -2.82. The molecule has 10 heteroatoms. The molecule has 1 saturated heterocycles. The molecule has 8 nitrogen and oxygen atoms in total. The number of aromatic nitrogens is 4. The third-order valence-electron chi connectivity index (χ3n) is 7.99. The number of halogens is 1. The topological polar surface area (TPSA) is 108 Å². The lowest BCUT2D eigenvalue weighted by atomic mass is 10.0. The van der Waals surface area contributed by atoms with Gasteiger partial charge < -0.3 is 20.0 Å². The van der Waals surface area contributed by atoms with Gasteiger partial charge in [-0.1, -0.05) is 93.0 Å². The van der Waals surface area contributed by atoms with Crippen LogP contribution in [0.4, 0.5) is 5.95 Å². The maximum absolute atomic E-state index is 11.1. The van der Waals surface area contributed by atoms with Crippen LogP contribution in [0.2, 0.25) is 10.2 Å². The van der Waals surface area contributed by atoms with Gasteiger partial charge in [-0.25, -0.2) is 4.98 Å². The number of nitrogens with zero attached hydrogens (tertiary/aromatic N) is 4. The van der Waals surface area contributed by atoms with Crippen LogP contribution in [0.15, 0.2) is 67.0 Å². The lowest BCUT2D eigenvalue weighted by Crippen LogP contribution is -2.68. The summed E-state index contributed by atoms with van der Waals surface area (Å²) in [6.45, 7) is 6.80. The summed E-state index contributed by atoms with van der Waals surface area (Å²) in [7, 11) is -2.79. The predicted molar refractivity (Wildman–Crippen MR) is 150 cm³/mol. The molecule has 2 aromatic heterocycles. The van der Waals surface area contributed by atoms with Crippen molar-refractivity contribution in [2.24, 2.45) is 5.92 Å². The van der Waals surface area contributed by atoms with Crippen molar-refractivity contribution < 1.29 is 14.3 Å². The van der Waals surface area contributed by atoms with Gasteiger partial charge in [0.15, 0.2) is 10.8 Å². The first kappa shape index (κ1) is 25.5. The number of aliphatic hydroxyl groups excluding tert-OH is 1. The van der Waals surface area contributed by atoms with Crippen LogP contribution >= 0.6 is 11.6 Å². The summed E-state index contributed by atoms with van der Waals surface area (Å²) in [5, 5.41) is 13.6. The molecule has 5 atom stereocenters. The summed E-state index contributed by atoms with van der Waals surface area (Å²) in [6, 6.07) is 21.2. The first-order chi connectivity index (χ1) is 18.2. The number of rotatable bonds is 5. The number of ether oxygens (including phenoxy) is 1. The molecule has 3 heterocycles. The molecule has 0 spiro atoms. The number of aliphatic hydroxyl groups is 1. The first-order valence-corrected chi connectivity index (χ1v) is 15.3. The summed E-state index contributed by atoms with van der Waals surface area (Å²) in [5.41, 5.74) is 6.86. The highest BCUT2D eigenvalue weighted by molar-refractivity contribution is 6.99. The minimum Gasteiger partial charge on any atom is -0.404 e. The van der Waals surface area contributed by atoms with Gasteiger partial charge in [-0.15, -0.1) is 0 Å². The minimum absolute atomic E-state index is 0.00348. The minimum atomic E-state index is -2.79. The molecule has 2 fully saturated rings. The average molecular weight is 550 g/mol. The van der Waals surface area contributed by atoms with E-state index in [1.54, 1.807) is 6.33 Å². The van der Waals surface area contributed by atoms with Crippen LogP contribution < -0.4 is 16.1 Å². The van der Waals surface area contributed by atoms with E-state index in [0.717, 1.165) is 0 Å². The number of hydrogen-bond donors (Lipinski definition) is 2. The Balaban J connectivity index is 1.38. The van der Waals surface area contributed by atoms with E-state index in [1.807, 2.05) is 16.7 Å². The summed E-state index contributed by atoms with van der Waals surface area (Å²) >= 11 is 6.25. The van der Waals surface area contributed by atoms with Crippen molar-refractivity contribution >= 4 is 47.4 Å². The molecule has 0 bridgehead atoms. The van der Waals surface area contributed by atoms with Crippen molar-refractivity contribution in [2.45, 2.75) is 63.2 Å². The largest absolute Gasteiger partial charge is 0.404 e. The lowest BCUT2D eigenvalue weighted by molar-refractivity contribution is -0.0525. The van der Waals surface area contributed by atoms with Crippen LogP contribution in [0.1, 0.15) is 39.8 Å². The number of hydrogen-bond acceptors (Lipinski definition) is 7. The molecule has 0 unspecified atom stereocenters. The third kappa shape index (κ3) is 4.04. The summed E-state index contributed by atoms with van der Waals surface area (Å²) < 4.78 is 15.7. The average Bonchev–Trinajstić information content (AvgIpc) is 3.58. The molecule has 2 aromatic carbocycles. The normalized spacial score (nSPS) is 25.7. The molecule has 1 saturated carbocycles. The highest BCUT2D eigenvalue weighted by Gasteiger charge is 2.57. The number of nitrogen functional groups attached to an aromatic ring is 1. The molecule has 38 heavy (non-hydrogen) atoms. The Bertz CT molecular complexity index is 1410. The van der Waals surface area contributed by atoms with Crippen LogP contribution in [-0.4, -0.2) is 51.3 Å². The Morgan fingerprint density at radius 2 is 1.66 bits per heavy atom. The van der Waals surface area contributed by atoms with Crippen molar-refractivity contribution in [3.05, 3.63) is 72.1 Å². The highest BCUT2D eigenvalue weighted by atomic mass is 35.5. The molecule has 2 aliphatic rings. The maximum Gasteiger partial charge on any atom is 0.261 e. The van der Waals surface area contributed by atoms with Gasteiger partial charge in [0.1, 0.15) is 11.7 Å². The molecule has 1 aliphatic carbocycles. The maximum atomic E-state index is 11.1. The molecule has 198 valence electrons. The number of benzene rings is 2. The second kappa shape index (κ2) is 9.43. The number of fused-ring (bicyclic) bond motifs is 2. The molecule has 0 radical (unpaired) electrons. The lowest BCUT2D eigenvalue weighted by Gasteiger charge is -2.45. The molecule has 1 aliphatic heterocycles. The summed E-state index contributed by atoms with van der Waals surface area (Å²) in [5.74, 6) is 0.0825. The van der Waals surface area contributed by atoms with Crippen LogP contribution in [0, 0.1) is 5.92 Å². The van der Waals surface area contributed by atoms with Gasteiger partial charge in [0.2, 0.25) is 5.95 Å². The van der Waals surface area contributed by atoms with Crippen LogP contribution in [0.3, 0.4) is 0 Å². The quantitative estimate of drug-likeness (QED) is 0.289. The van der Waals surface area contributed by atoms with Gasteiger partial charge in [0.25, 0.3) is 8.32 Å². The number of imidazole rings is 1. The van der Waals surface area contributed by atoms with E-state index in [9.17, 15) is 5.11 Å². The zero-order valence-electron chi connectivity index (χ0n) is 21.7. The molecule has 3 N–H and O–H groups in total. The number of anilines is 1. The monoisotopic (exact) mass is 549 g/mol. The molecular weight excluding hydrogens is 518 g/mol. The second-order valence-corrected chi connectivity index (χ2v) is 15.9. The highest BCUT2D eigenvalue weighted by Crippen LogP contribution is 2.48. The summed E-state index contributed by atoms with van der Waals surface area (Å²) in [6.07, 6.45) is 1.29. The smallest absolute Gasteiger partial charge is 0.261 e. The predicted octanol–water partition coefficient (Wildman–Crippen LogP) is 3.68. The fourth-order valence-electron chi connectivity index (χ4n) is 6.33. The zero-order chi connectivity index (χ0) is 26.7. The molecule has 6 rings (SSSR count). The van der Waals surface area contributed by atoms with Crippen LogP contribution in [-0.2, 0) is 9.16 Å². The van der Waals surface area contributed by atoms with Gasteiger partial charge in [0, 0.05) is 18.8 Å². The van der Waals surface area contributed by atoms with Gasteiger partial charge in [0.05, 0.1) is 24.6 Å². The van der Waals surface area contributed by atoms with E-state index in [-0.39, 0.29) is 40.5 Å². The van der Waals surface area contributed by atoms with E-state index in [4.69, 9.17) is 26.5 Å². The first-order valence-electron chi connectivity index (χ1n) is 13.0. The fraction of sp³-hybridized carbons (Fsp3) is 0.393.